The summed E-state index contributed by atoms with van der Waals surface area (Å²) >= 11 is 15.6. The van der Waals surface area contributed by atoms with E-state index in [1.165, 1.54) is 6.07 Å². The average molecular weight is 377 g/mol. The lowest BCUT2D eigenvalue weighted by atomic mass is 9.98. The number of benzene rings is 2. The summed E-state index contributed by atoms with van der Waals surface area (Å²) in [5.41, 5.74) is 1.31. The van der Waals surface area contributed by atoms with Crippen LogP contribution < -0.4 is 5.32 Å². The fraction of sp³-hybridized carbons (Fsp3) is 0.200. The Morgan fingerprint density at radius 2 is 1.95 bits per heavy atom. The minimum Gasteiger partial charge on any atom is -0.306 e. The van der Waals surface area contributed by atoms with Gasteiger partial charge < -0.3 is 5.32 Å². The molecule has 0 aliphatic rings. The summed E-state index contributed by atoms with van der Waals surface area (Å²) in [7, 11) is 0. The second-order valence-electron chi connectivity index (χ2n) is 4.30. The summed E-state index contributed by atoms with van der Waals surface area (Å²) in [5.74, 6) is -0.290. The van der Waals surface area contributed by atoms with E-state index in [9.17, 15) is 4.39 Å². The largest absolute Gasteiger partial charge is 0.306 e. The lowest BCUT2D eigenvalue weighted by molar-refractivity contribution is 0.558. The normalized spacial score (nSPS) is 12.4. The molecule has 0 aromatic heterocycles. The van der Waals surface area contributed by atoms with Crippen LogP contribution in [0, 0.1) is 5.82 Å². The highest BCUT2D eigenvalue weighted by molar-refractivity contribution is 9.10. The van der Waals surface area contributed by atoms with Gasteiger partial charge in [0.15, 0.2) is 0 Å². The summed E-state index contributed by atoms with van der Waals surface area (Å²) < 4.78 is 14.9. The van der Waals surface area contributed by atoms with Crippen molar-refractivity contribution in [1.29, 1.82) is 0 Å². The van der Waals surface area contributed by atoms with Crippen molar-refractivity contribution >= 4 is 39.1 Å². The highest BCUT2D eigenvalue weighted by atomic mass is 79.9. The van der Waals surface area contributed by atoms with E-state index in [1.807, 2.05) is 19.1 Å². The van der Waals surface area contributed by atoms with E-state index in [0.29, 0.717) is 26.6 Å². The van der Waals surface area contributed by atoms with Gasteiger partial charge in [0.25, 0.3) is 0 Å². The molecule has 0 saturated heterocycles. The molecule has 1 N–H and O–H groups in total. The first-order valence-electron chi connectivity index (χ1n) is 6.16. The highest BCUT2D eigenvalue weighted by Crippen LogP contribution is 2.34. The van der Waals surface area contributed by atoms with Gasteiger partial charge in [-0.25, -0.2) is 4.39 Å². The molecule has 0 amide bonds. The Bertz CT molecular complexity index is 619. The third kappa shape index (κ3) is 3.34. The molecule has 2 rings (SSSR count). The van der Waals surface area contributed by atoms with E-state index in [1.54, 1.807) is 18.2 Å². The molecule has 0 aliphatic carbocycles. The lowest BCUT2D eigenvalue weighted by Gasteiger charge is -2.21. The molecule has 2 aromatic carbocycles. The van der Waals surface area contributed by atoms with Crippen molar-refractivity contribution in [3.63, 3.8) is 0 Å². The van der Waals surface area contributed by atoms with Gasteiger partial charge in [0.05, 0.1) is 16.1 Å². The molecule has 1 nitrogen and oxygen atoms in total. The zero-order chi connectivity index (χ0) is 14.7. The number of hydrogen-bond acceptors (Lipinski definition) is 1. The van der Waals surface area contributed by atoms with Crippen molar-refractivity contribution in [2.75, 3.05) is 6.54 Å². The minimum absolute atomic E-state index is 0.290. The zero-order valence-electron chi connectivity index (χ0n) is 10.8. The number of nitrogens with one attached hydrogen (secondary N) is 1. The molecule has 20 heavy (non-hydrogen) atoms. The van der Waals surface area contributed by atoms with E-state index in [4.69, 9.17) is 23.2 Å². The summed E-state index contributed by atoms with van der Waals surface area (Å²) in [5, 5.41) is 4.15. The SMILES string of the molecule is CCNC(c1ccc(Br)cc1F)c1cccc(Cl)c1Cl. The van der Waals surface area contributed by atoms with Crippen LogP contribution in [0.4, 0.5) is 4.39 Å². The van der Waals surface area contributed by atoms with Crippen molar-refractivity contribution in [3.05, 3.63) is 67.9 Å². The standard InChI is InChI=1S/C15H13BrCl2FN/c1-2-20-15(10-7-6-9(16)8-13(10)19)11-4-3-5-12(17)14(11)18/h3-8,15,20H,2H2,1H3. The predicted octanol–water partition coefficient (Wildman–Crippen LogP) is 5.59. The van der Waals surface area contributed by atoms with Gasteiger partial charge in [0.1, 0.15) is 5.82 Å². The van der Waals surface area contributed by atoms with Crippen LogP contribution in [0.5, 0.6) is 0 Å². The van der Waals surface area contributed by atoms with Gasteiger partial charge in [-0.3, -0.25) is 0 Å². The van der Waals surface area contributed by atoms with Gasteiger partial charge in [-0.2, -0.15) is 0 Å². The van der Waals surface area contributed by atoms with Gasteiger partial charge in [-0.15, -0.1) is 0 Å². The molecule has 0 saturated carbocycles. The first-order valence-corrected chi connectivity index (χ1v) is 7.71. The quantitative estimate of drug-likeness (QED) is 0.732. The molecule has 0 heterocycles. The molecule has 1 atom stereocenters. The molecule has 5 heteroatoms. The van der Waals surface area contributed by atoms with E-state index in [2.05, 4.69) is 21.2 Å². The average Bonchev–Trinajstić information content (AvgIpc) is 2.40. The zero-order valence-corrected chi connectivity index (χ0v) is 13.9. The number of hydrogen-bond donors (Lipinski definition) is 1. The summed E-state index contributed by atoms with van der Waals surface area (Å²) in [6, 6.07) is 10.0. The van der Waals surface area contributed by atoms with Crippen LogP contribution in [0.2, 0.25) is 10.0 Å². The second-order valence-corrected chi connectivity index (χ2v) is 6.00. The molecule has 2 aromatic rings. The maximum atomic E-state index is 14.2. The van der Waals surface area contributed by atoms with Crippen molar-refractivity contribution in [1.82, 2.24) is 5.32 Å². The Morgan fingerprint density at radius 1 is 1.20 bits per heavy atom. The summed E-state index contributed by atoms with van der Waals surface area (Å²) in [4.78, 5) is 0. The van der Waals surface area contributed by atoms with Gasteiger partial charge in [-0.1, -0.05) is 64.3 Å². The Labute approximate surface area is 136 Å². The first kappa shape index (κ1) is 15.8. The van der Waals surface area contributed by atoms with Gasteiger partial charge in [-0.05, 0) is 30.3 Å². The van der Waals surface area contributed by atoms with Crippen molar-refractivity contribution in [2.24, 2.45) is 0 Å². The molecule has 0 bridgehead atoms. The molecular formula is C15H13BrCl2FN. The van der Waals surface area contributed by atoms with E-state index < -0.39 is 0 Å². The van der Waals surface area contributed by atoms with Crippen LogP contribution in [0.25, 0.3) is 0 Å². The Kier molecular flexibility index (Phi) is 5.44. The van der Waals surface area contributed by atoms with Crippen molar-refractivity contribution in [3.8, 4) is 0 Å². The van der Waals surface area contributed by atoms with Crippen LogP contribution in [0.15, 0.2) is 40.9 Å². The molecule has 1 unspecified atom stereocenters. The van der Waals surface area contributed by atoms with Crippen LogP contribution in [0.3, 0.4) is 0 Å². The molecule has 0 fully saturated rings. The van der Waals surface area contributed by atoms with Crippen molar-refractivity contribution < 1.29 is 4.39 Å². The fourth-order valence-electron chi connectivity index (χ4n) is 2.07. The fourth-order valence-corrected chi connectivity index (χ4v) is 2.82. The smallest absolute Gasteiger partial charge is 0.129 e. The first-order chi connectivity index (χ1) is 9.54. The molecule has 106 valence electrons. The molecular weight excluding hydrogens is 364 g/mol. The summed E-state index contributed by atoms with van der Waals surface area (Å²) in [6.07, 6.45) is 0. The van der Waals surface area contributed by atoms with E-state index in [0.717, 1.165) is 5.56 Å². The third-order valence-electron chi connectivity index (χ3n) is 2.97. The predicted molar refractivity (Wildman–Crippen MR) is 86.1 cm³/mol. The monoisotopic (exact) mass is 375 g/mol. The maximum absolute atomic E-state index is 14.2. The Morgan fingerprint density at radius 3 is 2.60 bits per heavy atom. The van der Waals surface area contributed by atoms with E-state index >= 15 is 0 Å². The van der Waals surface area contributed by atoms with Crippen LogP contribution in [-0.2, 0) is 0 Å². The van der Waals surface area contributed by atoms with Crippen LogP contribution in [-0.4, -0.2) is 6.54 Å². The summed E-state index contributed by atoms with van der Waals surface area (Å²) in [6.45, 7) is 2.64. The third-order valence-corrected chi connectivity index (χ3v) is 4.30. The molecule has 0 spiro atoms. The second kappa shape index (κ2) is 6.90. The minimum atomic E-state index is -0.334. The lowest BCUT2D eigenvalue weighted by Crippen LogP contribution is -2.23. The number of halogens is 4. The molecule has 0 aliphatic heterocycles. The van der Waals surface area contributed by atoms with Gasteiger partial charge in [0, 0.05) is 10.0 Å². The van der Waals surface area contributed by atoms with Crippen LogP contribution >= 0.6 is 39.1 Å². The van der Waals surface area contributed by atoms with Crippen molar-refractivity contribution in [2.45, 2.75) is 13.0 Å². The Balaban J connectivity index is 2.53. The molecule has 0 radical (unpaired) electrons. The van der Waals surface area contributed by atoms with Gasteiger partial charge in [0.2, 0.25) is 0 Å². The Hall–Kier alpha value is -0.610. The van der Waals surface area contributed by atoms with E-state index in [-0.39, 0.29) is 11.9 Å². The van der Waals surface area contributed by atoms with Gasteiger partial charge >= 0.3 is 0 Å². The van der Waals surface area contributed by atoms with Crippen LogP contribution in [0.1, 0.15) is 24.1 Å². The topological polar surface area (TPSA) is 12.0 Å². The number of rotatable bonds is 4. The highest BCUT2D eigenvalue weighted by Gasteiger charge is 2.20. The maximum Gasteiger partial charge on any atom is 0.129 e.